The van der Waals surface area contributed by atoms with Crippen molar-refractivity contribution in [3.05, 3.63) is 166 Å². The zero-order chi connectivity index (χ0) is 34.6. The standard InChI is InChI=1S/C51H42/c1-50(2,3)41-28-39-19-14-33-20-23-42(45-25-22-40(29-41)48(39)49(33)45)32-12-10-31(11-13-32)34-15-16-36-27-37(18-17-35(36)26-34)38-21-24-44-43-8-6-7-9-46(43)51(4,5)47(44)30-38/h6-21,23-30,40H,22H2,1-5H3. The van der Waals surface area contributed by atoms with Gasteiger partial charge in [-0.2, -0.15) is 0 Å². The Bertz CT molecular complexity index is 2760. The van der Waals surface area contributed by atoms with E-state index in [1.165, 1.54) is 98.8 Å². The summed E-state index contributed by atoms with van der Waals surface area (Å²) in [4.78, 5) is 0. The number of hydrogen-bond donors (Lipinski definition) is 0. The fourth-order valence-corrected chi connectivity index (χ4v) is 9.22. The van der Waals surface area contributed by atoms with E-state index in [0.29, 0.717) is 5.92 Å². The summed E-state index contributed by atoms with van der Waals surface area (Å²) in [6, 6.07) is 48.2. The Labute approximate surface area is 301 Å². The summed E-state index contributed by atoms with van der Waals surface area (Å²) < 4.78 is 0. The van der Waals surface area contributed by atoms with Gasteiger partial charge < -0.3 is 0 Å². The largest absolute Gasteiger partial charge is 0.0751 e. The fraction of sp³-hybridized carbons (Fsp3) is 0.176. The molecule has 1 atom stereocenters. The van der Waals surface area contributed by atoms with Crippen molar-refractivity contribution < 1.29 is 0 Å². The summed E-state index contributed by atoms with van der Waals surface area (Å²) in [5, 5.41) is 8.11. The van der Waals surface area contributed by atoms with Crippen molar-refractivity contribution in [1.29, 1.82) is 0 Å². The van der Waals surface area contributed by atoms with Crippen molar-refractivity contribution in [2.24, 2.45) is 5.41 Å². The molecule has 0 saturated carbocycles. The molecule has 0 fully saturated rings. The normalized spacial score (nSPS) is 16.6. The van der Waals surface area contributed by atoms with Crippen LogP contribution >= 0.6 is 0 Å². The third kappa shape index (κ3) is 4.66. The molecule has 0 heteroatoms. The molecule has 0 bridgehead atoms. The second-order valence-corrected chi connectivity index (χ2v) is 16.5. The minimum Gasteiger partial charge on any atom is -0.0751 e. The van der Waals surface area contributed by atoms with Gasteiger partial charge in [-0.05, 0) is 129 Å². The van der Waals surface area contributed by atoms with E-state index in [4.69, 9.17) is 0 Å². The maximum Gasteiger partial charge on any atom is 0.0159 e. The van der Waals surface area contributed by atoms with Crippen LogP contribution in [0.1, 0.15) is 63.6 Å². The highest BCUT2D eigenvalue weighted by atomic mass is 14.4. The third-order valence-corrected chi connectivity index (χ3v) is 12.1. The van der Waals surface area contributed by atoms with Gasteiger partial charge in [-0.15, -0.1) is 0 Å². The monoisotopic (exact) mass is 654 g/mol. The van der Waals surface area contributed by atoms with Gasteiger partial charge in [0.25, 0.3) is 0 Å². The van der Waals surface area contributed by atoms with Crippen LogP contribution in [0.4, 0.5) is 0 Å². The Kier molecular flexibility index (Phi) is 6.41. The zero-order valence-corrected chi connectivity index (χ0v) is 30.1. The van der Waals surface area contributed by atoms with Gasteiger partial charge in [0.15, 0.2) is 0 Å². The van der Waals surface area contributed by atoms with E-state index in [1.807, 2.05) is 0 Å². The van der Waals surface area contributed by atoms with Gasteiger partial charge in [-0.1, -0.05) is 162 Å². The van der Waals surface area contributed by atoms with E-state index < -0.39 is 0 Å². The van der Waals surface area contributed by atoms with Crippen molar-refractivity contribution in [3.8, 4) is 44.5 Å². The minimum absolute atomic E-state index is 0.00215. The van der Waals surface area contributed by atoms with Crippen molar-refractivity contribution in [3.63, 3.8) is 0 Å². The molecule has 0 spiro atoms. The maximum atomic E-state index is 2.53. The molecular weight excluding hydrogens is 613 g/mol. The quantitative estimate of drug-likeness (QED) is 0.178. The summed E-state index contributed by atoms with van der Waals surface area (Å²) in [5.41, 5.74) is 16.3. The highest BCUT2D eigenvalue weighted by molar-refractivity contribution is 5.95. The molecule has 0 heterocycles. The first-order valence-electron chi connectivity index (χ1n) is 18.5. The highest BCUT2D eigenvalue weighted by Gasteiger charge is 2.35. The second-order valence-electron chi connectivity index (χ2n) is 16.5. The predicted molar refractivity (Wildman–Crippen MR) is 218 cm³/mol. The molecule has 0 aliphatic heterocycles. The number of rotatable bonds is 3. The van der Waals surface area contributed by atoms with Crippen LogP contribution in [-0.4, -0.2) is 0 Å². The van der Waals surface area contributed by atoms with Gasteiger partial charge in [0.2, 0.25) is 0 Å². The van der Waals surface area contributed by atoms with E-state index in [1.54, 1.807) is 0 Å². The van der Waals surface area contributed by atoms with Gasteiger partial charge in [0.05, 0.1) is 0 Å². The van der Waals surface area contributed by atoms with Gasteiger partial charge in [0, 0.05) is 11.3 Å². The predicted octanol–water partition coefficient (Wildman–Crippen LogP) is 12.3. The number of allylic oxidation sites excluding steroid dienone is 2. The van der Waals surface area contributed by atoms with Gasteiger partial charge in [0.1, 0.15) is 0 Å². The van der Waals surface area contributed by atoms with Crippen LogP contribution in [0, 0.1) is 5.41 Å². The van der Waals surface area contributed by atoms with Gasteiger partial charge in [-0.25, -0.2) is 0 Å². The van der Waals surface area contributed by atoms with E-state index in [2.05, 4.69) is 180 Å². The van der Waals surface area contributed by atoms with Gasteiger partial charge >= 0.3 is 0 Å². The molecule has 0 amide bonds. The van der Waals surface area contributed by atoms with E-state index in [0.717, 1.165) is 6.42 Å². The first-order valence-corrected chi connectivity index (χ1v) is 18.5. The third-order valence-electron chi connectivity index (χ3n) is 12.1. The molecule has 7 aromatic rings. The Balaban J connectivity index is 0.966. The van der Waals surface area contributed by atoms with Crippen LogP contribution in [-0.2, 0) is 5.41 Å². The zero-order valence-electron chi connectivity index (χ0n) is 30.1. The summed E-state index contributed by atoms with van der Waals surface area (Å²) in [5.74, 6) is 0.454. The number of hydrogen-bond acceptors (Lipinski definition) is 0. The summed E-state index contributed by atoms with van der Waals surface area (Å²) in [6.07, 6.45) is 8.51. The molecule has 51 heavy (non-hydrogen) atoms. The lowest BCUT2D eigenvalue weighted by Crippen LogP contribution is -2.27. The van der Waals surface area contributed by atoms with Crippen LogP contribution in [0.3, 0.4) is 0 Å². The lowest BCUT2D eigenvalue weighted by Gasteiger charge is -2.30. The first-order chi connectivity index (χ1) is 24.6. The van der Waals surface area contributed by atoms with Crippen LogP contribution in [0.2, 0.25) is 0 Å². The number of fused-ring (bicyclic) bond motifs is 4. The molecule has 1 unspecified atom stereocenters. The van der Waals surface area contributed by atoms with Gasteiger partial charge in [-0.3, -0.25) is 0 Å². The molecule has 246 valence electrons. The fourth-order valence-electron chi connectivity index (χ4n) is 9.22. The molecular formula is C51H42. The smallest absolute Gasteiger partial charge is 0.0159 e. The first kappa shape index (κ1) is 30.4. The molecule has 0 nitrogen and oxygen atoms in total. The Hall–Kier alpha value is -5.46. The summed E-state index contributed by atoms with van der Waals surface area (Å²) in [6.45, 7) is 11.7. The van der Waals surface area contributed by atoms with Crippen LogP contribution in [0.25, 0.3) is 78.2 Å². The highest BCUT2D eigenvalue weighted by Crippen LogP contribution is 2.49. The lowest BCUT2D eigenvalue weighted by molar-refractivity contribution is 0.517. The number of benzene rings is 7. The average molecular weight is 655 g/mol. The van der Waals surface area contributed by atoms with Crippen molar-refractivity contribution in [2.75, 3.05) is 0 Å². The van der Waals surface area contributed by atoms with E-state index in [-0.39, 0.29) is 10.8 Å². The van der Waals surface area contributed by atoms with Crippen molar-refractivity contribution in [2.45, 2.75) is 52.4 Å². The molecule has 7 aromatic carbocycles. The van der Waals surface area contributed by atoms with Crippen molar-refractivity contribution in [1.82, 2.24) is 0 Å². The molecule has 0 N–H and O–H groups in total. The second kappa shape index (κ2) is 10.8. The Morgan fingerprint density at radius 3 is 1.90 bits per heavy atom. The molecule has 10 rings (SSSR count). The topological polar surface area (TPSA) is 0 Å². The molecule has 3 aliphatic carbocycles. The van der Waals surface area contributed by atoms with E-state index >= 15 is 0 Å². The van der Waals surface area contributed by atoms with Crippen LogP contribution in [0.5, 0.6) is 0 Å². The summed E-state index contributed by atoms with van der Waals surface area (Å²) in [7, 11) is 0. The lowest BCUT2D eigenvalue weighted by atomic mass is 9.75. The Morgan fingerprint density at radius 2 is 1.14 bits per heavy atom. The minimum atomic E-state index is 0.00215. The van der Waals surface area contributed by atoms with Crippen LogP contribution in [0.15, 0.2) is 139 Å². The molecule has 3 aliphatic rings. The summed E-state index contributed by atoms with van der Waals surface area (Å²) >= 11 is 0. The van der Waals surface area contributed by atoms with E-state index in [9.17, 15) is 0 Å². The molecule has 0 radical (unpaired) electrons. The average Bonchev–Trinajstić information content (AvgIpc) is 3.38. The SMILES string of the molecule is CC(C)(C)C1=CC2CC=c3c(-c4ccc(-c5ccc6cc(-c7ccc8c(c7)C(C)(C)c7ccccc7-8)ccc6c5)cc4)ccc4ccc(c2c34)=C1. The Morgan fingerprint density at radius 1 is 0.549 bits per heavy atom. The molecule has 0 saturated heterocycles. The molecule has 0 aromatic heterocycles. The van der Waals surface area contributed by atoms with Crippen LogP contribution < -0.4 is 10.4 Å². The maximum absolute atomic E-state index is 2.53. The van der Waals surface area contributed by atoms with Crippen molar-refractivity contribution >= 4 is 33.7 Å².